The van der Waals surface area contributed by atoms with Crippen molar-refractivity contribution in [1.29, 1.82) is 0 Å². The second-order valence-corrected chi connectivity index (χ2v) is 8.69. The van der Waals surface area contributed by atoms with Crippen LogP contribution in [0.5, 0.6) is 11.5 Å². The van der Waals surface area contributed by atoms with Crippen molar-refractivity contribution < 1.29 is 9.47 Å². The number of rotatable bonds is 2. The van der Waals surface area contributed by atoms with Crippen LogP contribution in [0, 0.1) is 13.8 Å². The van der Waals surface area contributed by atoms with Gasteiger partial charge in [-0.3, -0.25) is 0 Å². The Bertz CT molecular complexity index is 1360. The van der Waals surface area contributed by atoms with Gasteiger partial charge in [-0.1, -0.05) is 60.7 Å². The molecule has 0 atom stereocenters. The molecular formula is C30H24O2. The molecule has 2 nitrogen and oxygen atoms in total. The van der Waals surface area contributed by atoms with E-state index in [1.165, 1.54) is 22.3 Å². The normalized spacial score (nSPS) is 14.5. The molecule has 0 unspecified atom stereocenters. The van der Waals surface area contributed by atoms with E-state index in [9.17, 15) is 0 Å². The molecule has 0 fully saturated rings. The van der Waals surface area contributed by atoms with Crippen molar-refractivity contribution in [2.45, 2.75) is 27.7 Å². The van der Waals surface area contributed by atoms with E-state index in [2.05, 4.69) is 100 Å². The van der Waals surface area contributed by atoms with Crippen LogP contribution in [0.1, 0.15) is 47.2 Å². The van der Waals surface area contributed by atoms with Crippen LogP contribution in [-0.2, 0) is 0 Å². The molecule has 156 valence electrons. The highest BCUT2D eigenvalue weighted by Crippen LogP contribution is 2.53. The number of benzene rings is 4. The Balaban J connectivity index is 1.74. The molecule has 4 aromatic carbocycles. The first-order chi connectivity index (χ1) is 15.5. The van der Waals surface area contributed by atoms with Gasteiger partial charge in [-0.05, 0) is 73.2 Å². The summed E-state index contributed by atoms with van der Waals surface area (Å²) < 4.78 is 13.0. The standard InChI is InChI=1S/C30H24O2/c1-17-15-23-25(21-11-7-5-8-12-21)20(4)32-30-18(2)16-24-26(22-13-9-6-10-14-22)19(3)31-29(17)27(24)28(23)30/h5-16H,1-4H3. The van der Waals surface area contributed by atoms with Crippen molar-refractivity contribution in [3.63, 3.8) is 0 Å². The molecule has 0 amide bonds. The Morgan fingerprint density at radius 2 is 0.875 bits per heavy atom. The molecule has 4 aromatic rings. The third-order valence-electron chi connectivity index (χ3n) is 6.56. The zero-order valence-electron chi connectivity index (χ0n) is 18.7. The van der Waals surface area contributed by atoms with Crippen LogP contribution in [-0.4, -0.2) is 0 Å². The van der Waals surface area contributed by atoms with Crippen LogP contribution in [0.4, 0.5) is 0 Å². The van der Waals surface area contributed by atoms with Crippen LogP contribution >= 0.6 is 0 Å². The molecule has 0 saturated carbocycles. The summed E-state index contributed by atoms with van der Waals surface area (Å²) in [5.41, 5.74) is 9.34. The molecule has 0 bridgehead atoms. The molecule has 0 aliphatic carbocycles. The lowest BCUT2D eigenvalue weighted by Crippen LogP contribution is -2.13. The zero-order valence-corrected chi connectivity index (χ0v) is 18.7. The van der Waals surface area contributed by atoms with Gasteiger partial charge in [0.25, 0.3) is 0 Å². The van der Waals surface area contributed by atoms with Gasteiger partial charge in [0.15, 0.2) is 0 Å². The van der Waals surface area contributed by atoms with Crippen molar-refractivity contribution in [3.8, 4) is 11.5 Å². The molecule has 2 aliphatic rings. The molecule has 0 spiro atoms. The van der Waals surface area contributed by atoms with Gasteiger partial charge in [0.2, 0.25) is 0 Å². The fraction of sp³-hybridized carbons (Fsp3) is 0.133. The molecule has 0 saturated heterocycles. The second kappa shape index (κ2) is 6.86. The minimum atomic E-state index is 0.931. The van der Waals surface area contributed by atoms with E-state index in [1.807, 2.05) is 0 Å². The predicted octanol–water partition coefficient (Wildman–Crippen LogP) is 7.80. The fourth-order valence-corrected chi connectivity index (χ4v) is 5.22. The van der Waals surface area contributed by atoms with Crippen molar-refractivity contribution in [3.05, 3.63) is 118 Å². The van der Waals surface area contributed by atoms with E-state index < -0.39 is 0 Å². The molecule has 6 rings (SSSR count). The van der Waals surface area contributed by atoms with Crippen molar-refractivity contribution in [2.24, 2.45) is 0 Å². The van der Waals surface area contributed by atoms with Crippen LogP contribution < -0.4 is 9.47 Å². The van der Waals surface area contributed by atoms with Crippen LogP contribution in [0.3, 0.4) is 0 Å². The molecule has 0 aromatic heterocycles. The first-order valence-corrected chi connectivity index (χ1v) is 11.0. The van der Waals surface area contributed by atoms with E-state index in [0.717, 1.165) is 56.1 Å². The number of hydrogen-bond donors (Lipinski definition) is 0. The summed E-state index contributed by atoms with van der Waals surface area (Å²) in [5, 5.41) is 2.29. The SMILES string of the molecule is CC1=C(c2ccccc2)c2cc(C)c3c4c(cc(C)c(c24)O1)C(c1ccccc1)=C(C)O3. The highest BCUT2D eigenvalue weighted by Gasteiger charge is 2.31. The van der Waals surface area contributed by atoms with Crippen LogP contribution in [0.2, 0.25) is 0 Å². The Hall–Kier alpha value is -3.78. The lowest BCUT2D eigenvalue weighted by molar-refractivity contribution is 0.422. The molecule has 2 heteroatoms. The highest BCUT2D eigenvalue weighted by molar-refractivity contribution is 6.13. The Kier molecular flexibility index (Phi) is 4.06. The quantitative estimate of drug-likeness (QED) is 0.332. The van der Waals surface area contributed by atoms with Gasteiger partial charge in [-0.15, -0.1) is 0 Å². The molecular weight excluding hydrogens is 392 g/mol. The first-order valence-electron chi connectivity index (χ1n) is 11.0. The Morgan fingerprint density at radius 3 is 1.25 bits per heavy atom. The van der Waals surface area contributed by atoms with E-state index in [0.29, 0.717) is 0 Å². The summed E-state index contributed by atoms with van der Waals surface area (Å²) in [6, 6.07) is 25.6. The third-order valence-corrected chi connectivity index (χ3v) is 6.56. The summed E-state index contributed by atoms with van der Waals surface area (Å²) >= 11 is 0. The van der Waals surface area contributed by atoms with Gasteiger partial charge in [-0.2, -0.15) is 0 Å². The monoisotopic (exact) mass is 416 g/mol. The first kappa shape index (κ1) is 18.9. The topological polar surface area (TPSA) is 18.5 Å². The van der Waals surface area contributed by atoms with Gasteiger partial charge in [0.05, 0.1) is 0 Å². The number of aryl methyl sites for hydroxylation is 2. The van der Waals surface area contributed by atoms with E-state index >= 15 is 0 Å². The third kappa shape index (κ3) is 2.59. The summed E-state index contributed by atoms with van der Waals surface area (Å²) in [6.07, 6.45) is 0. The number of hydrogen-bond acceptors (Lipinski definition) is 2. The fourth-order valence-electron chi connectivity index (χ4n) is 5.22. The van der Waals surface area contributed by atoms with Crippen molar-refractivity contribution >= 4 is 21.9 Å². The highest BCUT2D eigenvalue weighted by atomic mass is 16.5. The lowest BCUT2D eigenvalue weighted by Gasteiger charge is -2.31. The largest absolute Gasteiger partial charge is 0.460 e. The number of allylic oxidation sites excluding steroid dienone is 2. The maximum atomic E-state index is 6.50. The zero-order chi connectivity index (χ0) is 22.0. The van der Waals surface area contributed by atoms with E-state index in [4.69, 9.17) is 9.47 Å². The Labute approximate surface area is 188 Å². The summed E-state index contributed by atoms with van der Waals surface area (Å²) in [7, 11) is 0. The van der Waals surface area contributed by atoms with Gasteiger partial charge in [0, 0.05) is 21.9 Å². The summed E-state index contributed by atoms with van der Waals surface area (Å²) in [6.45, 7) is 8.41. The number of ether oxygens (including phenoxy) is 2. The Morgan fingerprint density at radius 1 is 0.500 bits per heavy atom. The van der Waals surface area contributed by atoms with E-state index in [1.54, 1.807) is 0 Å². The van der Waals surface area contributed by atoms with Crippen LogP contribution in [0.25, 0.3) is 21.9 Å². The van der Waals surface area contributed by atoms with Crippen molar-refractivity contribution in [1.82, 2.24) is 0 Å². The predicted molar refractivity (Wildman–Crippen MR) is 131 cm³/mol. The van der Waals surface area contributed by atoms with E-state index in [-0.39, 0.29) is 0 Å². The van der Waals surface area contributed by atoms with Gasteiger partial charge in [-0.25, -0.2) is 0 Å². The minimum absolute atomic E-state index is 0.931. The molecule has 0 radical (unpaired) electrons. The van der Waals surface area contributed by atoms with Crippen molar-refractivity contribution in [2.75, 3.05) is 0 Å². The van der Waals surface area contributed by atoms with Gasteiger partial charge < -0.3 is 9.47 Å². The molecule has 0 N–H and O–H groups in total. The summed E-state index contributed by atoms with van der Waals surface area (Å²) in [4.78, 5) is 0. The average Bonchev–Trinajstić information content (AvgIpc) is 2.79. The van der Waals surface area contributed by atoms with Gasteiger partial charge >= 0.3 is 0 Å². The average molecular weight is 417 g/mol. The molecule has 2 aliphatic heterocycles. The molecule has 2 heterocycles. The lowest BCUT2D eigenvalue weighted by atomic mass is 9.82. The summed E-state index contributed by atoms with van der Waals surface area (Å²) in [5.74, 6) is 3.74. The smallest absolute Gasteiger partial charge is 0.138 e. The van der Waals surface area contributed by atoms with Crippen LogP contribution in [0.15, 0.2) is 84.3 Å². The maximum absolute atomic E-state index is 6.50. The second-order valence-electron chi connectivity index (χ2n) is 8.69. The maximum Gasteiger partial charge on any atom is 0.138 e. The minimum Gasteiger partial charge on any atom is -0.460 e. The van der Waals surface area contributed by atoms with Gasteiger partial charge in [0.1, 0.15) is 23.0 Å². The molecule has 32 heavy (non-hydrogen) atoms.